The highest BCUT2D eigenvalue weighted by molar-refractivity contribution is 7.92. The quantitative estimate of drug-likeness (QED) is 0.223. The fourth-order valence-electron chi connectivity index (χ4n) is 5.26. The second-order valence-corrected chi connectivity index (χ2v) is 13.3. The third-order valence-electron chi connectivity index (χ3n) is 7.54. The Balaban J connectivity index is 1.71. The normalized spacial score (nSPS) is 14.2. The first-order valence-electron chi connectivity index (χ1n) is 14.6. The minimum absolute atomic E-state index is 0.0212. The molecule has 0 aromatic heterocycles. The second-order valence-electron chi connectivity index (χ2n) is 10.6. The molecule has 8 nitrogen and oxygen atoms in total. The number of rotatable bonds is 13. The van der Waals surface area contributed by atoms with Gasteiger partial charge in [-0.15, -0.1) is 0 Å². The Hall–Kier alpha value is -3.34. The van der Waals surface area contributed by atoms with Gasteiger partial charge in [0.25, 0.3) is 10.0 Å². The molecular weight excluding hydrogens is 628 g/mol. The van der Waals surface area contributed by atoms with E-state index in [1.807, 2.05) is 6.92 Å². The monoisotopic (exact) mass is 663 g/mol. The van der Waals surface area contributed by atoms with E-state index in [1.54, 1.807) is 25.1 Å². The molecule has 12 heteroatoms. The van der Waals surface area contributed by atoms with Crippen molar-refractivity contribution >= 4 is 50.7 Å². The van der Waals surface area contributed by atoms with Crippen LogP contribution in [0.2, 0.25) is 10.0 Å². The van der Waals surface area contributed by atoms with Crippen molar-refractivity contribution in [3.8, 4) is 5.75 Å². The average molecular weight is 665 g/mol. The topological polar surface area (TPSA) is 96.0 Å². The van der Waals surface area contributed by atoms with Gasteiger partial charge in [0.1, 0.15) is 24.2 Å². The van der Waals surface area contributed by atoms with Gasteiger partial charge in [-0.3, -0.25) is 13.9 Å². The molecule has 0 heterocycles. The van der Waals surface area contributed by atoms with Crippen LogP contribution in [0, 0.1) is 5.82 Å². The van der Waals surface area contributed by atoms with Gasteiger partial charge in [-0.05, 0) is 92.4 Å². The molecule has 3 aromatic rings. The SMILES string of the molecule is CCOc1ccc(S(=O)(=O)N(CC(=O)N(Cc2ccc(Cl)c(Cl)c2)[C@@H](CC)C(=O)NC2CCCC2)c2ccc(F)cc2)cc1. The maximum Gasteiger partial charge on any atom is 0.264 e. The summed E-state index contributed by atoms with van der Waals surface area (Å²) in [6, 6.07) is 14.7. The predicted molar refractivity (Wildman–Crippen MR) is 170 cm³/mol. The van der Waals surface area contributed by atoms with E-state index in [1.165, 1.54) is 41.3 Å². The van der Waals surface area contributed by atoms with E-state index >= 15 is 0 Å². The van der Waals surface area contributed by atoms with Gasteiger partial charge in [0.05, 0.1) is 27.2 Å². The van der Waals surface area contributed by atoms with Crippen LogP contribution in [0.15, 0.2) is 71.6 Å². The van der Waals surface area contributed by atoms with Gasteiger partial charge >= 0.3 is 0 Å². The van der Waals surface area contributed by atoms with Crippen LogP contribution in [-0.2, 0) is 26.2 Å². The summed E-state index contributed by atoms with van der Waals surface area (Å²) in [7, 11) is -4.32. The molecule has 0 spiro atoms. The summed E-state index contributed by atoms with van der Waals surface area (Å²) in [5.74, 6) is -1.00. The van der Waals surface area contributed by atoms with Crippen LogP contribution in [0.4, 0.5) is 10.1 Å². The number of hydrogen-bond donors (Lipinski definition) is 1. The summed E-state index contributed by atoms with van der Waals surface area (Å²) >= 11 is 12.4. The molecule has 236 valence electrons. The van der Waals surface area contributed by atoms with Gasteiger partial charge < -0.3 is 15.0 Å². The van der Waals surface area contributed by atoms with Crippen molar-refractivity contribution in [1.82, 2.24) is 10.2 Å². The van der Waals surface area contributed by atoms with E-state index in [2.05, 4.69) is 5.32 Å². The lowest BCUT2D eigenvalue weighted by Gasteiger charge is -2.34. The van der Waals surface area contributed by atoms with Crippen LogP contribution >= 0.6 is 23.2 Å². The zero-order valence-electron chi connectivity index (χ0n) is 24.6. The predicted octanol–water partition coefficient (Wildman–Crippen LogP) is 6.59. The maximum absolute atomic E-state index is 14.2. The molecule has 1 fully saturated rings. The molecule has 4 rings (SSSR count). The zero-order valence-corrected chi connectivity index (χ0v) is 27.0. The Morgan fingerprint density at radius 2 is 1.64 bits per heavy atom. The van der Waals surface area contributed by atoms with Gasteiger partial charge in [-0.1, -0.05) is 49.0 Å². The molecule has 3 aromatic carbocycles. The highest BCUT2D eigenvalue weighted by Crippen LogP contribution is 2.28. The Labute approximate surface area is 268 Å². The van der Waals surface area contributed by atoms with Crippen molar-refractivity contribution in [2.45, 2.75) is 69.5 Å². The highest BCUT2D eigenvalue weighted by Gasteiger charge is 2.34. The second kappa shape index (κ2) is 15.1. The number of carbonyl (C=O) groups is 2. The number of amides is 2. The highest BCUT2D eigenvalue weighted by atomic mass is 35.5. The molecule has 0 bridgehead atoms. The molecule has 0 saturated heterocycles. The first kappa shape index (κ1) is 33.6. The van der Waals surface area contributed by atoms with Crippen LogP contribution in [-0.4, -0.2) is 50.4 Å². The van der Waals surface area contributed by atoms with Crippen molar-refractivity contribution in [3.63, 3.8) is 0 Å². The number of anilines is 1. The van der Waals surface area contributed by atoms with Crippen molar-refractivity contribution in [2.75, 3.05) is 17.5 Å². The summed E-state index contributed by atoms with van der Waals surface area (Å²) in [5, 5.41) is 3.69. The van der Waals surface area contributed by atoms with E-state index in [4.69, 9.17) is 27.9 Å². The fraction of sp³-hybridized carbons (Fsp3) is 0.375. The van der Waals surface area contributed by atoms with Crippen molar-refractivity contribution < 1.29 is 27.1 Å². The van der Waals surface area contributed by atoms with E-state index < -0.39 is 34.3 Å². The molecule has 1 aliphatic carbocycles. The molecule has 44 heavy (non-hydrogen) atoms. The van der Waals surface area contributed by atoms with Gasteiger partial charge in [0.2, 0.25) is 11.8 Å². The summed E-state index contributed by atoms with van der Waals surface area (Å²) < 4.78 is 48.2. The molecule has 2 amide bonds. The van der Waals surface area contributed by atoms with E-state index in [0.717, 1.165) is 42.1 Å². The first-order chi connectivity index (χ1) is 21.0. The van der Waals surface area contributed by atoms with E-state index in [-0.39, 0.29) is 40.5 Å². The molecule has 0 unspecified atom stereocenters. The molecule has 1 N–H and O–H groups in total. The van der Waals surface area contributed by atoms with Crippen LogP contribution in [0.3, 0.4) is 0 Å². The Morgan fingerprint density at radius 3 is 2.23 bits per heavy atom. The lowest BCUT2D eigenvalue weighted by atomic mass is 10.1. The Morgan fingerprint density at radius 1 is 0.977 bits per heavy atom. The number of benzene rings is 3. The molecule has 1 saturated carbocycles. The van der Waals surface area contributed by atoms with Crippen LogP contribution in [0.5, 0.6) is 5.75 Å². The van der Waals surface area contributed by atoms with Crippen LogP contribution in [0.25, 0.3) is 0 Å². The minimum atomic E-state index is -4.32. The van der Waals surface area contributed by atoms with Crippen LogP contribution < -0.4 is 14.4 Å². The molecule has 1 atom stereocenters. The van der Waals surface area contributed by atoms with Gasteiger partial charge in [0, 0.05) is 12.6 Å². The Bertz CT molecular complexity index is 1550. The third-order valence-corrected chi connectivity index (χ3v) is 10.1. The summed E-state index contributed by atoms with van der Waals surface area (Å²) in [6.07, 6.45) is 4.05. The van der Waals surface area contributed by atoms with Gasteiger partial charge in [-0.2, -0.15) is 0 Å². The number of hydrogen-bond acceptors (Lipinski definition) is 5. The van der Waals surface area contributed by atoms with Crippen molar-refractivity contribution in [3.05, 3.63) is 88.2 Å². The van der Waals surface area contributed by atoms with E-state index in [9.17, 15) is 22.4 Å². The zero-order chi connectivity index (χ0) is 31.9. The summed E-state index contributed by atoms with van der Waals surface area (Å²) in [5.41, 5.74) is 0.703. The number of ether oxygens (including phenoxy) is 1. The number of nitrogens with zero attached hydrogens (tertiary/aromatic N) is 2. The minimum Gasteiger partial charge on any atom is -0.494 e. The smallest absolute Gasteiger partial charge is 0.264 e. The first-order valence-corrected chi connectivity index (χ1v) is 16.8. The number of nitrogens with one attached hydrogen (secondary N) is 1. The van der Waals surface area contributed by atoms with Gasteiger partial charge in [-0.25, -0.2) is 12.8 Å². The standard InChI is InChI=1S/C32H36Cl2FN3O5S/c1-3-30(32(40)36-24-7-5-6-8-24)37(20-22-9-18-28(33)29(34)19-22)31(39)21-38(25-12-10-23(35)11-13-25)44(41,42)27-16-14-26(15-17-27)43-4-2/h9-19,24,30H,3-8,20-21H2,1-2H3,(H,36,40)/t30-/m0/s1. The van der Waals surface area contributed by atoms with Crippen molar-refractivity contribution in [2.24, 2.45) is 0 Å². The van der Waals surface area contributed by atoms with Gasteiger partial charge in [0.15, 0.2) is 0 Å². The summed E-state index contributed by atoms with van der Waals surface area (Å²) in [6.45, 7) is 3.35. The van der Waals surface area contributed by atoms with E-state index in [0.29, 0.717) is 22.9 Å². The molecule has 0 aliphatic heterocycles. The number of sulfonamides is 1. The molecule has 0 radical (unpaired) electrons. The third kappa shape index (κ3) is 8.22. The van der Waals surface area contributed by atoms with Crippen LogP contribution in [0.1, 0.15) is 51.5 Å². The number of halogens is 3. The number of carbonyl (C=O) groups excluding carboxylic acids is 2. The fourth-order valence-corrected chi connectivity index (χ4v) is 6.99. The summed E-state index contributed by atoms with van der Waals surface area (Å²) in [4.78, 5) is 29.0. The lowest BCUT2D eigenvalue weighted by Crippen LogP contribution is -2.53. The lowest BCUT2D eigenvalue weighted by molar-refractivity contribution is -0.140. The largest absolute Gasteiger partial charge is 0.494 e. The molecule has 1 aliphatic rings. The average Bonchev–Trinajstić information content (AvgIpc) is 3.51. The van der Waals surface area contributed by atoms with Crippen molar-refractivity contribution in [1.29, 1.82) is 0 Å². The maximum atomic E-state index is 14.2. The molecular formula is C32H36Cl2FN3O5S. The Kier molecular flexibility index (Phi) is 11.5.